The third-order valence-corrected chi connectivity index (χ3v) is 2.46. The Labute approximate surface area is 95.7 Å². The molecule has 0 aliphatic carbocycles. The van der Waals surface area contributed by atoms with Gasteiger partial charge in [-0.3, -0.25) is 4.79 Å². The average Bonchev–Trinajstić information content (AvgIpc) is 2.31. The van der Waals surface area contributed by atoms with Crippen LogP contribution in [0.1, 0.15) is 25.3 Å². The topological polar surface area (TPSA) is 50.1 Å². The largest absolute Gasteiger partial charge is 0.466 e. The van der Waals surface area contributed by atoms with Gasteiger partial charge < -0.3 is 4.74 Å². The zero-order valence-electron chi connectivity index (χ0n) is 9.51. The van der Waals surface area contributed by atoms with E-state index in [0.29, 0.717) is 6.61 Å². The summed E-state index contributed by atoms with van der Waals surface area (Å²) in [4.78, 5) is 11.5. The Kier molecular flexibility index (Phi) is 4.53. The maximum atomic E-state index is 11.5. The molecule has 0 saturated carbocycles. The SMILES string of the molecule is CCOC(=O)C(C)C(C#N)c1ccccc1. The van der Waals surface area contributed by atoms with E-state index >= 15 is 0 Å². The molecule has 1 rings (SSSR count). The number of hydrogen-bond donors (Lipinski definition) is 0. The summed E-state index contributed by atoms with van der Waals surface area (Å²) in [6.45, 7) is 3.82. The number of benzene rings is 1. The van der Waals surface area contributed by atoms with Crippen molar-refractivity contribution in [3.63, 3.8) is 0 Å². The van der Waals surface area contributed by atoms with Crippen molar-refractivity contribution >= 4 is 5.97 Å². The zero-order chi connectivity index (χ0) is 12.0. The Bertz CT molecular complexity index is 381. The summed E-state index contributed by atoms with van der Waals surface area (Å²) < 4.78 is 4.92. The highest BCUT2D eigenvalue weighted by molar-refractivity contribution is 5.74. The number of nitriles is 1. The van der Waals surface area contributed by atoms with Crippen LogP contribution in [0.5, 0.6) is 0 Å². The van der Waals surface area contributed by atoms with Crippen LogP contribution in [0.25, 0.3) is 0 Å². The number of carbonyl (C=O) groups is 1. The molecule has 3 heteroatoms. The minimum Gasteiger partial charge on any atom is -0.466 e. The van der Waals surface area contributed by atoms with Crippen molar-refractivity contribution in [2.45, 2.75) is 19.8 Å². The van der Waals surface area contributed by atoms with Gasteiger partial charge in [-0.15, -0.1) is 0 Å². The first-order valence-electron chi connectivity index (χ1n) is 5.32. The number of carbonyl (C=O) groups excluding carboxylic acids is 1. The first-order valence-corrected chi connectivity index (χ1v) is 5.32. The highest BCUT2D eigenvalue weighted by atomic mass is 16.5. The van der Waals surface area contributed by atoms with E-state index in [9.17, 15) is 4.79 Å². The van der Waals surface area contributed by atoms with Gasteiger partial charge in [0.1, 0.15) is 0 Å². The highest BCUT2D eigenvalue weighted by Crippen LogP contribution is 2.24. The Morgan fingerprint density at radius 3 is 2.56 bits per heavy atom. The van der Waals surface area contributed by atoms with Gasteiger partial charge in [0.2, 0.25) is 0 Å². The van der Waals surface area contributed by atoms with Crippen molar-refractivity contribution in [3.05, 3.63) is 35.9 Å². The van der Waals surface area contributed by atoms with Crippen LogP contribution in [0.2, 0.25) is 0 Å². The third kappa shape index (κ3) is 2.83. The molecular formula is C13H15NO2. The number of rotatable bonds is 4. The molecular weight excluding hydrogens is 202 g/mol. The van der Waals surface area contributed by atoms with Crippen molar-refractivity contribution < 1.29 is 9.53 Å². The van der Waals surface area contributed by atoms with Crippen molar-refractivity contribution in [1.82, 2.24) is 0 Å². The van der Waals surface area contributed by atoms with Gasteiger partial charge in [0.25, 0.3) is 0 Å². The molecule has 0 N–H and O–H groups in total. The van der Waals surface area contributed by atoms with E-state index in [0.717, 1.165) is 5.56 Å². The molecule has 0 aromatic heterocycles. The maximum Gasteiger partial charge on any atom is 0.310 e. The first kappa shape index (κ1) is 12.3. The Balaban J connectivity index is 2.84. The molecule has 2 atom stereocenters. The molecule has 3 nitrogen and oxygen atoms in total. The predicted octanol–water partition coefficient (Wildman–Crippen LogP) is 2.49. The zero-order valence-corrected chi connectivity index (χ0v) is 9.51. The standard InChI is InChI=1S/C13H15NO2/c1-3-16-13(15)10(2)12(9-14)11-7-5-4-6-8-11/h4-8,10,12H,3H2,1-2H3. The van der Waals surface area contributed by atoms with E-state index in [1.165, 1.54) is 0 Å². The van der Waals surface area contributed by atoms with E-state index < -0.39 is 11.8 Å². The van der Waals surface area contributed by atoms with Crippen LogP contribution in [0, 0.1) is 17.2 Å². The fourth-order valence-electron chi connectivity index (χ4n) is 1.55. The quantitative estimate of drug-likeness (QED) is 0.728. The van der Waals surface area contributed by atoms with Crippen LogP contribution in [-0.4, -0.2) is 12.6 Å². The second-order valence-corrected chi connectivity index (χ2v) is 3.56. The molecule has 0 amide bonds. The van der Waals surface area contributed by atoms with Crippen LogP contribution >= 0.6 is 0 Å². The second-order valence-electron chi connectivity index (χ2n) is 3.56. The third-order valence-electron chi connectivity index (χ3n) is 2.46. The molecule has 0 fully saturated rings. The highest BCUT2D eigenvalue weighted by Gasteiger charge is 2.26. The molecule has 2 unspecified atom stereocenters. The molecule has 1 aromatic rings. The van der Waals surface area contributed by atoms with Gasteiger partial charge >= 0.3 is 5.97 Å². The Morgan fingerprint density at radius 2 is 2.06 bits per heavy atom. The van der Waals surface area contributed by atoms with Gasteiger partial charge in [0.05, 0.1) is 24.5 Å². The summed E-state index contributed by atoms with van der Waals surface area (Å²) in [5.41, 5.74) is 0.852. The number of nitrogens with zero attached hydrogens (tertiary/aromatic N) is 1. The summed E-state index contributed by atoms with van der Waals surface area (Å²) in [6.07, 6.45) is 0. The fourth-order valence-corrected chi connectivity index (χ4v) is 1.55. The van der Waals surface area contributed by atoms with Crippen LogP contribution in [0.4, 0.5) is 0 Å². The van der Waals surface area contributed by atoms with Crippen molar-refractivity contribution in [1.29, 1.82) is 5.26 Å². The maximum absolute atomic E-state index is 11.5. The van der Waals surface area contributed by atoms with Crippen LogP contribution < -0.4 is 0 Å². The molecule has 16 heavy (non-hydrogen) atoms. The van der Waals surface area contributed by atoms with Crippen molar-refractivity contribution in [3.8, 4) is 6.07 Å². The smallest absolute Gasteiger partial charge is 0.310 e. The molecule has 0 aliphatic rings. The summed E-state index contributed by atoms with van der Waals surface area (Å²) in [6, 6.07) is 11.5. The lowest BCUT2D eigenvalue weighted by Crippen LogP contribution is -2.21. The minimum absolute atomic E-state index is 0.321. The molecule has 0 radical (unpaired) electrons. The minimum atomic E-state index is -0.444. The fraction of sp³-hybridized carbons (Fsp3) is 0.385. The molecule has 0 aliphatic heterocycles. The van der Waals surface area contributed by atoms with Crippen LogP contribution in [0.15, 0.2) is 30.3 Å². The van der Waals surface area contributed by atoms with E-state index in [-0.39, 0.29) is 5.97 Å². The molecule has 0 spiro atoms. The molecule has 0 heterocycles. The predicted molar refractivity (Wildman–Crippen MR) is 60.6 cm³/mol. The van der Waals surface area contributed by atoms with E-state index in [1.807, 2.05) is 30.3 Å². The lowest BCUT2D eigenvalue weighted by atomic mass is 9.88. The van der Waals surface area contributed by atoms with Gasteiger partial charge in [-0.2, -0.15) is 5.26 Å². The summed E-state index contributed by atoms with van der Waals surface area (Å²) in [7, 11) is 0. The average molecular weight is 217 g/mol. The lowest BCUT2D eigenvalue weighted by Gasteiger charge is -2.16. The van der Waals surface area contributed by atoms with Gasteiger partial charge in [-0.05, 0) is 12.5 Å². The van der Waals surface area contributed by atoms with E-state index in [1.54, 1.807) is 13.8 Å². The van der Waals surface area contributed by atoms with Crippen LogP contribution in [0.3, 0.4) is 0 Å². The second kappa shape index (κ2) is 5.92. The van der Waals surface area contributed by atoms with Gasteiger partial charge in [0, 0.05) is 0 Å². The molecule has 1 aromatic carbocycles. The molecule has 0 saturated heterocycles. The molecule has 0 bridgehead atoms. The monoisotopic (exact) mass is 217 g/mol. The van der Waals surface area contributed by atoms with Crippen molar-refractivity contribution in [2.24, 2.45) is 5.92 Å². The Morgan fingerprint density at radius 1 is 1.44 bits per heavy atom. The lowest BCUT2D eigenvalue weighted by molar-refractivity contribution is -0.147. The number of hydrogen-bond acceptors (Lipinski definition) is 3. The van der Waals surface area contributed by atoms with Gasteiger partial charge in [0.15, 0.2) is 0 Å². The van der Waals surface area contributed by atoms with E-state index in [4.69, 9.17) is 10.00 Å². The number of esters is 1. The Hall–Kier alpha value is -1.82. The summed E-state index contributed by atoms with van der Waals surface area (Å²) >= 11 is 0. The normalized spacial score (nSPS) is 13.6. The summed E-state index contributed by atoms with van der Waals surface area (Å²) in [5, 5.41) is 9.11. The first-order chi connectivity index (χ1) is 7.70. The van der Waals surface area contributed by atoms with Gasteiger partial charge in [-0.1, -0.05) is 37.3 Å². The van der Waals surface area contributed by atoms with Crippen LogP contribution in [-0.2, 0) is 9.53 Å². The summed E-state index contributed by atoms with van der Waals surface area (Å²) in [5.74, 6) is -1.20. The molecule has 84 valence electrons. The van der Waals surface area contributed by atoms with Gasteiger partial charge in [-0.25, -0.2) is 0 Å². The number of ether oxygens (including phenoxy) is 1. The van der Waals surface area contributed by atoms with Crippen molar-refractivity contribution in [2.75, 3.05) is 6.61 Å². The van der Waals surface area contributed by atoms with E-state index in [2.05, 4.69) is 6.07 Å².